The highest BCUT2D eigenvalue weighted by Crippen LogP contribution is 2.38. The molecular formula is C16H22N2O6. The Hall–Kier alpha value is -2.77. The number of esters is 1. The molecule has 0 aliphatic rings. The molecule has 0 atom stereocenters. The van der Waals surface area contributed by atoms with E-state index < -0.39 is 11.9 Å². The molecule has 0 aliphatic carbocycles. The minimum atomic E-state index is -0.475. The van der Waals surface area contributed by atoms with Gasteiger partial charge in [-0.15, -0.1) is 0 Å². The van der Waals surface area contributed by atoms with Crippen molar-refractivity contribution in [1.82, 2.24) is 5.43 Å². The Bertz CT molecular complexity index is 602. The molecule has 0 radical (unpaired) electrons. The van der Waals surface area contributed by atoms with Crippen LogP contribution in [0.15, 0.2) is 17.2 Å². The zero-order chi connectivity index (χ0) is 18.1. The third kappa shape index (κ3) is 5.15. The first-order valence-electron chi connectivity index (χ1n) is 7.25. The van der Waals surface area contributed by atoms with Crippen molar-refractivity contribution in [3.63, 3.8) is 0 Å². The minimum Gasteiger partial charge on any atom is -0.493 e. The fourth-order valence-corrected chi connectivity index (χ4v) is 1.88. The number of hydrazone groups is 1. The summed E-state index contributed by atoms with van der Waals surface area (Å²) < 4.78 is 20.4. The maximum atomic E-state index is 12.2. The number of nitrogens with one attached hydrogen (secondary N) is 1. The Labute approximate surface area is 140 Å². The number of hydrogen-bond acceptors (Lipinski definition) is 7. The van der Waals surface area contributed by atoms with Crippen LogP contribution in [0.2, 0.25) is 0 Å². The highest BCUT2D eigenvalue weighted by atomic mass is 16.5. The molecule has 1 aromatic carbocycles. The summed E-state index contributed by atoms with van der Waals surface area (Å²) in [5.74, 6) is 0.222. The van der Waals surface area contributed by atoms with Gasteiger partial charge in [0.2, 0.25) is 5.75 Å². The Morgan fingerprint density at radius 1 is 1.08 bits per heavy atom. The lowest BCUT2D eigenvalue weighted by molar-refractivity contribution is -0.141. The number of carbonyl (C=O) groups is 2. The second-order valence-corrected chi connectivity index (χ2v) is 4.68. The van der Waals surface area contributed by atoms with Crippen molar-refractivity contribution in [1.29, 1.82) is 0 Å². The second kappa shape index (κ2) is 9.39. The van der Waals surface area contributed by atoms with Gasteiger partial charge in [0.25, 0.3) is 5.91 Å². The lowest BCUT2D eigenvalue weighted by Gasteiger charge is -2.13. The standard InChI is InChI=1S/C16H22N2O6/c1-6-24-14(19)7-10(2)17-18-16(20)11-8-12(21-3)15(23-5)13(9-11)22-4/h8-9H,6-7H2,1-5H3,(H,18,20)/b17-10+. The van der Waals surface area contributed by atoms with Crippen LogP contribution in [-0.2, 0) is 9.53 Å². The van der Waals surface area contributed by atoms with Gasteiger partial charge in [-0.05, 0) is 26.0 Å². The van der Waals surface area contributed by atoms with Crippen LogP contribution in [0.4, 0.5) is 0 Å². The number of benzene rings is 1. The summed E-state index contributed by atoms with van der Waals surface area (Å²) in [6.45, 7) is 3.63. The van der Waals surface area contributed by atoms with E-state index in [9.17, 15) is 9.59 Å². The predicted molar refractivity (Wildman–Crippen MR) is 87.9 cm³/mol. The van der Waals surface area contributed by atoms with E-state index >= 15 is 0 Å². The highest BCUT2D eigenvalue weighted by Gasteiger charge is 2.17. The van der Waals surface area contributed by atoms with Crippen LogP contribution in [-0.4, -0.2) is 45.5 Å². The molecule has 1 aromatic rings. The number of amides is 1. The van der Waals surface area contributed by atoms with Gasteiger partial charge in [-0.3, -0.25) is 9.59 Å². The molecular weight excluding hydrogens is 316 g/mol. The van der Waals surface area contributed by atoms with Crippen LogP contribution in [0.3, 0.4) is 0 Å². The highest BCUT2D eigenvalue weighted by molar-refractivity contribution is 6.00. The summed E-state index contributed by atoms with van der Waals surface area (Å²) >= 11 is 0. The largest absolute Gasteiger partial charge is 0.493 e. The SMILES string of the molecule is CCOC(=O)C/C(C)=N/NC(=O)c1cc(OC)c(OC)c(OC)c1. The second-order valence-electron chi connectivity index (χ2n) is 4.68. The fraction of sp³-hybridized carbons (Fsp3) is 0.438. The first kappa shape index (κ1) is 19.3. The molecule has 0 saturated heterocycles. The van der Waals surface area contributed by atoms with E-state index in [2.05, 4.69) is 10.5 Å². The topological polar surface area (TPSA) is 95.5 Å². The molecule has 0 aromatic heterocycles. The molecule has 0 fully saturated rings. The van der Waals surface area contributed by atoms with Gasteiger partial charge in [-0.1, -0.05) is 0 Å². The monoisotopic (exact) mass is 338 g/mol. The number of methoxy groups -OCH3 is 3. The molecule has 1 amide bonds. The first-order chi connectivity index (χ1) is 11.5. The predicted octanol–water partition coefficient (Wildman–Crippen LogP) is 1.77. The lowest BCUT2D eigenvalue weighted by Crippen LogP contribution is -2.20. The van der Waals surface area contributed by atoms with E-state index in [1.54, 1.807) is 13.8 Å². The maximum Gasteiger partial charge on any atom is 0.311 e. The van der Waals surface area contributed by atoms with Gasteiger partial charge in [0.1, 0.15) is 0 Å². The Morgan fingerprint density at radius 2 is 1.67 bits per heavy atom. The van der Waals surface area contributed by atoms with Crippen LogP contribution in [0.1, 0.15) is 30.6 Å². The van der Waals surface area contributed by atoms with Crippen molar-refractivity contribution < 1.29 is 28.5 Å². The van der Waals surface area contributed by atoms with E-state index in [0.29, 0.717) is 29.6 Å². The molecule has 0 spiro atoms. The number of rotatable bonds is 8. The summed E-state index contributed by atoms with van der Waals surface area (Å²) in [6, 6.07) is 3.01. The fourth-order valence-electron chi connectivity index (χ4n) is 1.88. The zero-order valence-electron chi connectivity index (χ0n) is 14.5. The molecule has 132 valence electrons. The third-order valence-corrected chi connectivity index (χ3v) is 2.98. The minimum absolute atomic E-state index is 0.00335. The van der Waals surface area contributed by atoms with Crippen molar-refractivity contribution in [2.45, 2.75) is 20.3 Å². The molecule has 0 saturated carbocycles. The summed E-state index contributed by atoms with van der Waals surface area (Å²) in [5, 5.41) is 3.88. The number of ether oxygens (including phenoxy) is 4. The van der Waals surface area contributed by atoms with Gasteiger partial charge < -0.3 is 18.9 Å². The molecule has 1 N–H and O–H groups in total. The Kier molecular flexibility index (Phi) is 7.54. The van der Waals surface area contributed by atoms with E-state index in [1.165, 1.54) is 33.5 Å². The van der Waals surface area contributed by atoms with Gasteiger partial charge >= 0.3 is 5.97 Å². The van der Waals surface area contributed by atoms with Crippen molar-refractivity contribution in [3.05, 3.63) is 17.7 Å². The van der Waals surface area contributed by atoms with Crippen LogP contribution >= 0.6 is 0 Å². The van der Waals surface area contributed by atoms with Gasteiger partial charge in [0, 0.05) is 11.3 Å². The summed E-state index contributed by atoms with van der Waals surface area (Å²) in [5.41, 5.74) is 3.08. The first-order valence-corrected chi connectivity index (χ1v) is 7.25. The van der Waals surface area contributed by atoms with Crippen molar-refractivity contribution in [2.24, 2.45) is 5.10 Å². The van der Waals surface area contributed by atoms with E-state index in [4.69, 9.17) is 18.9 Å². The van der Waals surface area contributed by atoms with Gasteiger partial charge in [0.05, 0.1) is 34.4 Å². The Balaban J connectivity index is 2.90. The normalized spacial score (nSPS) is 10.8. The van der Waals surface area contributed by atoms with Gasteiger partial charge in [0.15, 0.2) is 11.5 Å². The van der Waals surface area contributed by atoms with E-state index in [-0.39, 0.29) is 12.0 Å². The number of nitrogens with zero attached hydrogens (tertiary/aromatic N) is 1. The average Bonchev–Trinajstić information content (AvgIpc) is 2.58. The van der Waals surface area contributed by atoms with Gasteiger partial charge in [-0.2, -0.15) is 5.10 Å². The third-order valence-electron chi connectivity index (χ3n) is 2.98. The molecule has 8 nitrogen and oxygen atoms in total. The van der Waals surface area contributed by atoms with Gasteiger partial charge in [-0.25, -0.2) is 5.43 Å². The molecule has 24 heavy (non-hydrogen) atoms. The maximum absolute atomic E-state index is 12.2. The van der Waals surface area contributed by atoms with Crippen LogP contribution in [0, 0.1) is 0 Å². The van der Waals surface area contributed by atoms with E-state index in [0.717, 1.165) is 0 Å². The number of carbonyl (C=O) groups excluding carboxylic acids is 2. The molecule has 1 rings (SSSR count). The molecule has 0 bridgehead atoms. The Morgan fingerprint density at radius 3 is 2.12 bits per heavy atom. The average molecular weight is 338 g/mol. The summed E-state index contributed by atoms with van der Waals surface area (Å²) in [7, 11) is 4.39. The molecule has 0 aliphatic heterocycles. The number of hydrogen-bond donors (Lipinski definition) is 1. The van der Waals surface area contributed by atoms with E-state index in [1.807, 2.05) is 0 Å². The van der Waals surface area contributed by atoms with Crippen molar-refractivity contribution in [3.8, 4) is 17.2 Å². The van der Waals surface area contributed by atoms with Crippen molar-refractivity contribution in [2.75, 3.05) is 27.9 Å². The molecule has 8 heteroatoms. The van der Waals surface area contributed by atoms with Crippen molar-refractivity contribution >= 4 is 17.6 Å². The quantitative estimate of drug-likeness (QED) is 0.441. The van der Waals surface area contributed by atoms with Crippen LogP contribution in [0.5, 0.6) is 17.2 Å². The van der Waals surface area contributed by atoms with Crippen LogP contribution < -0.4 is 19.6 Å². The van der Waals surface area contributed by atoms with Crippen LogP contribution in [0.25, 0.3) is 0 Å². The molecule has 0 heterocycles. The summed E-state index contributed by atoms with van der Waals surface area (Å²) in [6.07, 6.45) is 0.00335. The summed E-state index contributed by atoms with van der Waals surface area (Å²) in [4.78, 5) is 23.6. The molecule has 0 unspecified atom stereocenters. The zero-order valence-corrected chi connectivity index (χ0v) is 14.5. The lowest BCUT2D eigenvalue weighted by atomic mass is 10.1. The smallest absolute Gasteiger partial charge is 0.311 e.